The van der Waals surface area contributed by atoms with Gasteiger partial charge in [-0.15, -0.1) is 0 Å². The fourth-order valence-corrected chi connectivity index (χ4v) is 2.65. The van der Waals surface area contributed by atoms with Crippen LogP contribution in [0.3, 0.4) is 0 Å². The topological polar surface area (TPSA) is 67.2 Å². The molecule has 2 rings (SSSR count). The minimum atomic E-state index is -4.35. The summed E-state index contributed by atoms with van der Waals surface area (Å²) >= 11 is 0. The van der Waals surface area contributed by atoms with Gasteiger partial charge >= 0.3 is 0 Å². The molecular weight excluding hydrogens is 312 g/mol. The molecule has 1 saturated carbocycles. The Hall–Kier alpha value is -1.39. The molecule has 0 aliphatic heterocycles. The normalized spacial score (nSPS) is 16.5. The summed E-state index contributed by atoms with van der Waals surface area (Å²) in [5.74, 6) is -3.36. The number of ether oxygens (including phenoxy) is 1. The average Bonchev–Trinajstić information content (AvgIpc) is 3.10. The summed E-state index contributed by atoms with van der Waals surface area (Å²) in [5, 5.41) is 8.64. The maximum Gasteiger partial charge on any atom is 0.264 e. The van der Waals surface area contributed by atoms with E-state index in [0.717, 1.165) is 25.0 Å². The predicted octanol–water partition coefficient (Wildman–Crippen LogP) is 2.96. The first-order chi connectivity index (χ1) is 9.29. The molecule has 1 aromatic rings. The quantitative estimate of drug-likeness (QED) is 0.782. The predicted molar refractivity (Wildman–Crippen MR) is 66.8 cm³/mol. The largest absolute Gasteiger partial charge is 0.490 e. The molecule has 108 valence electrons. The lowest BCUT2D eigenvalue weighted by Crippen LogP contribution is -2.13. The van der Waals surface area contributed by atoms with Crippen LogP contribution >= 0.6 is 10.7 Å². The van der Waals surface area contributed by atoms with Gasteiger partial charge in [-0.05, 0) is 25.0 Å². The zero-order valence-electron chi connectivity index (χ0n) is 10.2. The molecule has 0 heterocycles. The molecule has 8 heteroatoms. The number of hydrogen-bond acceptors (Lipinski definition) is 4. The number of nitrogens with zero attached hydrogens (tertiary/aromatic N) is 1. The molecule has 1 aromatic carbocycles. The molecule has 1 fully saturated rings. The van der Waals surface area contributed by atoms with E-state index in [9.17, 15) is 17.2 Å². The number of rotatable bonds is 5. The Kier molecular flexibility index (Phi) is 3.89. The first kappa shape index (κ1) is 15.0. The lowest BCUT2D eigenvalue weighted by Gasteiger charge is -2.14. The fraction of sp³-hybridized carbons (Fsp3) is 0.417. The van der Waals surface area contributed by atoms with E-state index < -0.39 is 31.3 Å². The van der Waals surface area contributed by atoms with Gasteiger partial charge < -0.3 is 4.74 Å². The van der Waals surface area contributed by atoms with Crippen LogP contribution in [0.15, 0.2) is 17.0 Å². The van der Waals surface area contributed by atoms with Gasteiger partial charge in [0.25, 0.3) is 9.05 Å². The van der Waals surface area contributed by atoms with E-state index >= 15 is 0 Å². The van der Waals surface area contributed by atoms with Crippen molar-refractivity contribution in [3.05, 3.63) is 23.8 Å². The van der Waals surface area contributed by atoms with Crippen LogP contribution in [-0.2, 0) is 9.05 Å². The molecule has 4 nitrogen and oxygen atoms in total. The molecule has 0 amide bonds. The van der Waals surface area contributed by atoms with Crippen LogP contribution in [0, 0.1) is 28.4 Å². The second kappa shape index (κ2) is 5.19. The van der Waals surface area contributed by atoms with Crippen molar-refractivity contribution in [1.29, 1.82) is 5.26 Å². The maximum atomic E-state index is 13.7. The molecular formula is C12H10ClF2NO3S. The monoisotopic (exact) mass is 321 g/mol. The van der Waals surface area contributed by atoms with Crippen molar-refractivity contribution in [2.24, 2.45) is 5.41 Å². The van der Waals surface area contributed by atoms with Crippen molar-refractivity contribution in [2.45, 2.75) is 24.2 Å². The van der Waals surface area contributed by atoms with Gasteiger partial charge in [-0.25, -0.2) is 12.8 Å². The van der Waals surface area contributed by atoms with E-state index in [0.29, 0.717) is 0 Å². The molecule has 0 atom stereocenters. The number of nitriles is 1. The van der Waals surface area contributed by atoms with Crippen LogP contribution in [-0.4, -0.2) is 15.0 Å². The summed E-state index contributed by atoms with van der Waals surface area (Å²) in [7, 11) is 0.624. The summed E-state index contributed by atoms with van der Waals surface area (Å²) in [6.45, 7) is 0.0872. The lowest BCUT2D eigenvalue weighted by atomic mass is 10.1. The van der Waals surface area contributed by atoms with Gasteiger partial charge in [-0.3, -0.25) is 0 Å². The van der Waals surface area contributed by atoms with Crippen molar-refractivity contribution < 1.29 is 21.9 Å². The van der Waals surface area contributed by atoms with Crippen molar-refractivity contribution in [3.8, 4) is 11.8 Å². The third-order valence-electron chi connectivity index (χ3n) is 3.22. The Morgan fingerprint density at radius 3 is 2.50 bits per heavy atom. The van der Waals surface area contributed by atoms with E-state index in [1.807, 2.05) is 6.07 Å². The average molecular weight is 322 g/mol. The molecule has 0 radical (unpaired) electrons. The van der Waals surface area contributed by atoms with Crippen LogP contribution in [0.1, 0.15) is 19.3 Å². The Bertz CT molecular complexity index is 681. The highest BCUT2D eigenvalue weighted by atomic mass is 35.7. The molecule has 0 N–H and O–H groups in total. The highest BCUT2D eigenvalue weighted by Crippen LogP contribution is 2.48. The third kappa shape index (κ3) is 3.02. The zero-order valence-corrected chi connectivity index (χ0v) is 11.8. The first-order valence-corrected chi connectivity index (χ1v) is 8.02. The van der Waals surface area contributed by atoms with E-state index in [1.165, 1.54) is 0 Å². The third-order valence-corrected chi connectivity index (χ3v) is 4.56. The summed E-state index contributed by atoms with van der Waals surface area (Å²) < 4.78 is 54.4. The SMILES string of the molecule is N#CCC1(COc2ccc(S(=O)(=O)Cl)c(F)c2F)CC1. The van der Waals surface area contributed by atoms with Crippen molar-refractivity contribution in [2.75, 3.05) is 6.61 Å². The molecule has 0 aromatic heterocycles. The second-order valence-electron chi connectivity index (χ2n) is 4.75. The van der Waals surface area contributed by atoms with Crippen molar-refractivity contribution in [3.63, 3.8) is 0 Å². The lowest BCUT2D eigenvalue weighted by molar-refractivity contribution is 0.224. The Morgan fingerprint density at radius 1 is 1.35 bits per heavy atom. The molecule has 0 unspecified atom stereocenters. The van der Waals surface area contributed by atoms with Crippen LogP contribution in [0.4, 0.5) is 8.78 Å². The summed E-state index contributed by atoms with van der Waals surface area (Å²) in [4.78, 5) is -0.929. The van der Waals surface area contributed by atoms with Gasteiger partial charge in [0, 0.05) is 22.5 Å². The minimum absolute atomic E-state index is 0.0872. The fourth-order valence-electron chi connectivity index (χ4n) is 1.76. The summed E-state index contributed by atoms with van der Waals surface area (Å²) in [6.07, 6.45) is 1.86. The molecule has 0 spiro atoms. The maximum absolute atomic E-state index is 13.7. The van der Waals surface area contributed by atoms with Gasteiger partial charge in [0.15, 0.2) is 11.6 Å². The van der Waals surface area contributed by atoms with E-state index in [1.54, 1.807) is 0 Å². The zero-order chi connectivity index (χ0) is 15.0. The highest BCUT2D eigenvalue weighted by Gasteiger charge is 2.43. The van der Waals surface area contributed by atoms with Gasteiger partial charge in [0.05, 0.1) is 12.7 Å². The Morgan fingerprint density at radius 2 is 2.00 bits per heavy atom. The van der Waals surface area contributed by atoms with Crippen molar-refractivity contribution >= 4 is 19.7 Å². The van der Waals surface area contributed by atoms with Crippen LogP contribution in [0.2, 0.25) is 0 Å². The Labute approximate surface area is 119 Å². The Balaban J connectivity index is 2.19. The first-order valence-electron chi connectivity index (χ1n) is 5.71. The minimum Gasteiger partial charge on any atom is -0.490 e. The van der Waals surface area contributed by atoms with E-state index in [4.69, 9.17) is 20.7 Å². The molecule has 1 aliphatic carbocycles. The van der Waals surface area contributed by atoms with Crippen LogP contribution in [0.5, 0.6) is 5.75 Å². The summed E-state index contributed by atoms with van der Waals surface area (Å²) in [5.41, 5.74) is -0.297. The van der Waals surface area contributed by atoms with Gasteiger partial charge in [-0.1, -0.05) is 0 Å². The van der Waals surface area contributed by atoms with Gasteiger partial charge in [-0.2, -0.15) is 9.65 Å². The highest BCUT2D eigenvalue weighted by molar-refractivity contribution is 8.13. The molecule has 0 bridgehead atoms. The smallest absolute Gasteiger partial charge is 0.264 e. The van der Waals surface area contributed by atoms with E-state index in [2.05, 4.69) is 0 Å². The number of hydrogen-bond donors (Lipinski definition) is 0. The molecule has 1 aliphatic rings. The van der Waals surface area contributed by atoms with Crippen LogP contribution < -0.4 is 4.74 Å². The molecule has 0 saturated heterocycles. The second-order valence-corrected chi connectivity index (χ2v) is 7.29. The van der Waals surface area contributed by atoms with E-state index in [-0.39, 0.29) is 18.4 Å². The van der Waals surface area contributed by atoms with Gasteiger partial charge in [0.2, 0.25) is 5.82 Å². The van der Waals surface area contributed by atoms with Gasteiger partial charge in [0.1, 0.15) is 4.90 Å². The number of benzene rings is 1. The van der Waals surface area contributed by atoms with Crippen LogP contribution in [0.25, 0.3) is 0 Å². The molecule has 20 heavy (non-hydrogen) atoms. The number of halogens is 3. The standard InChI is InChI=1S/C12H10ClF2NO3S/c13-20(17,18)9-2-1-8(10(14)11(9)15)19-7-12(3-4-12)5-6-16/h1-2H,3-5,7H2. The summed E-state index contributed by atoms with van der Waals surface area (Å²) in [6, 6.07) is 3.87. The van der Waals surface area contributed by atoms with Crippen molar-refractivity contribution in [1.82, 2.24) is 0 Å².